The molecule has 12 heavy (non-hydrogen) atoms. The minimum atomic E-state index is -0.925. The monoisotopic (exact) mass is 172 g/mol. The van der Waals surface area contributed by atoms with E-state index in [-0.39, 0.29) is 12.5 Å². The number of aliphatic carboxylic acids is 1. The van der Waals surface area contributed by atoms with Gasteiger partial charge in [0.2, 0.25) is 5.91 Å². The van der Waals surface area contributed by atoms with Crippen molar-refractivity contribution >= 4 is 11.9 Å². The minimum absolute atomic E-state index is 0.116. The number of carboxylic acid groups (broad SMARTS) is 1. The molecule has 1 heterocycles. The van der Waals surface area contributed by atoms with Gasteiger partial charge in [-0.25, -0.2) is 0 Å². The Morgan fingerprint density at radius 3 is 2.33 bits per heavy atom. The van der Waals surface area contributed by atoms with Gasteiger partial charge in [-0.1, -0.05) is 0 Å². The van der Waals surface area contributed by atoms with E-state index in [1.54, 1.807) is 0 Å². The maximum absolute atomic E-state index is 10.8. The van der Waals surface area contributed by atoms with Gasteiger partial charge in [0.15, 0.2) is 0 Å². The van der Waals surface area contributed by atoms with E-state index in [2.05, 4.69) is 0 Å². The molecule has 1 fully saturated rings. The minimum Gasteiger partial charge on any atom is -0.481 e. The van der Waals surface area contributed by atoms with Crippen LogP contribution >= 0.6 is 0 Å². The summed E-state index contributed by atoms with van der Waals surface area (Å²) in [5, 5.41) is 8.67. The van der Waals surface area contributed by atoms with E-state index < -0.39 is 17.9 Å². The molecule has 0 aliphatic carbocycles. The molecule has 1 aliphatic heterocycles. The predicted octanol–water partition coefficient (Wildman–Crippen LogP) is -1.12. The van der Waals surface area contributed by atoms with Crippen molar-refractivity contribution in [3.63, 3.8) is 0 Å². The quantitative estimate of drug-likeness (QED) is 0.524. The van der Waals surface area contributed by atoms with E-state index in [1.807, 2.05) is 0 Å². The molecular formula is C7H12N2O3. The first-order valence-electron chi connectivity index (χ1n) is 3.76. The van der Waals surface area contributed by atoms with Crippen molar-refractivity contribution in [1.29, 1.82) is 0 Å². The molecule has 68 valence electrons. The highest BCUT2D eigenvalue weighted by Gasteiger charge is 2.36. The molecule has 5 nitrogen and oxygen atoms in total. The lowest BCUT2D eigenvalue weighted by Crippen LogP contribution is -2.34. The first kappa shape index (κ1) is 8.99. The molecule has 1 saturated heterocycles. The fourth-order valence-corrected chi connectivity index (χ4v) is 1.35. The largest absolute Gasteiger partial charge is 0.481 e. The van der Waals surface area contributed by atoms with Crippen LogP contribution in [0, 0.1) is 5.92 Å². The fraction of sp³-hybridized carbons (Fsp3) is 0.714. The van der Waals surface area contributed by atoms with E-state index in [4.69, 9.17) is 10.8 Å². The van der Waals surface area contributed by atoms with Gasteiger partial charge >= 0.3 is 5.97 Å². The lowest BCUT2D eigenvalue weighted by molar-refractivity contribution is -0.141. The normalized spacial score (nSPS) is 29.0. The molecular weight excluding hydrogens is 160 g/mol. The van der Waals surface area contributed by atoms with E-state index in [1.165, 1.54) is 11.8 Å². The molecule has 0 aromatic carbocycles. The summed E-state index contributed by atoms with van der Waals surface area (Å²) in [5.41, 5.74) is 5.53. The molecule has 2 atom stereocenters. The van der Waals surface area contributed by atoms with Crippen LogP contribution < -0.4 is 5.73 Å². The SMILES string of the molecule is CC(=O)N1C[C@@H](N)[C@@H](C(=O)O)C1. The summed E-state index contributed by atoms with van der Waals surface area (Å²) in [6.45, 7) is 2.01. The summed E-state index contributed by atoms with van der Waals surface area (Å²) in [7, 11) is 0. The third-order valence-corrected chi connectivity index (χ3v) is 2.13. The Hall–Kier alpha value is -1.10. The number of hydrogen-bond donors (Lipinski definition) is 2. The van der Waals surface area contributed by atoms with E-state index >= 15 is 0 Å². The lowest BCUT2D eigenvalue weighted by atomic mass is 10.1. The number of hydrogen-bond acceptors (Lipinski definition) is 3. The number of carbonyl (C=O) groups is 2. The van der Waals surface area contributed by atoms with Crippen molar-refractivity contribution in [2.45, 2.75) is 13.0 Å². The lowest BCUT2D eigenvalue weighted by Gasteiger charge is -2.11. The molecule has 0 aromatic rings. The van der Waals surface area contributed by atoms with E-state index in [9.17, 15) is 9.59 Å². The molecule has 1 rings (SSSR count). The molecule has 1 amide bonds. The van der Waals surface area contributed by atoms with Crippen molar-refractivity contribution in [3.05, 3.63) is 0 Å². The Balaban J connectivity index is 2.62. The highest BCUT2D eigenvalue weighted by molar-refractivity contribution is 5.77. The van der Waals surface area contributed by atoms with Gasteiger partial charge in [0.05, 0.1) is 5.92 Å². The van der Waals surface area contributed by atoms with Gasteiger partial charge in [-0.05, 0) is 0 Å². The number of nitrogens with two attached hydrogens (primary N) is 1. The molecule has 0 saturated carbocycles. The Kier molecular flexibility index (Phi) is 2.32. The second-order valence-corrected chi connectivity index (χ2v) is 3.03. The van der Waals surface area contributed by atoms with Crippen molar-refractivity contribution in [2.75, 3.05) is 13.1 Å². The number of carbonyl (C=O) groups excluding carboxylic acids is 1. The maximum atomic E-state index is 10.8. The molecule has 0 aromatic heterocycles. The number of carboxylic acids is 1. The van der Waals surface area contributed by atoms with Crippen LogP contribution in [0.4, 0.5) is 0 Å². The molecule has 5 heteroatoms. The Bertz CT molecular complexity index is 217. The van der Waals surface area contributed by atoms with Gasteiger partial charge in [-0.3, -0.25) is 9.59 Å². The van der Waals surface area contributed by atoms with Gasteiger partial charge in [-0.2, -0.15) is 0 Å². The molecule has 0 radical (unpaired) electrons. The maximum Gasteiger partial charge on any atom is 0.309 e. The van der Waals surface area contributed by atoms with Gasteiger partial charge in [0.1, 0.15) is 0 Å². The third-order valence-electron chi connectivity index (χ3n) is 2.13. The van der Waals surface area contributed by atoms with Crippen LogP contribution in [0.2, 0.25) is 0 Å². The second kappa shape index (κ2) is 3.10. The van der Waals surface area contributed by atoms with Gasteiger partial charge < -0.3 is 15.7 Å². The predicted molar refractivity (Wildman–Crippen MR) is 41.4 cm³/mol. The van der Waals surface area contributed by atoms with Crippen molar-refractivity contribution in [2.24, 2.45) is 11.7 Å². The van der Waals surface area contributed by atoms with Crippen molar-refractivity contribution < 1.29 is 14.7 Å². The van der Waals surface area contributed by atoms with Crippen LogP contribution in [0.1, 0.15) is 6.92 Å². The number of nitrogens with zero attached hydrogens (tertiary/aromatic N) is 1. The van der Waals surface area contributed by atoms with Crippen LogP contribution in [0.25, 0.3) is 0 Å². The highest BCUT2D eigenvalue weighted by atomic mass is 16.4. The summed E-state index contributed by atoms with van der Waals surface area (Å²) >= 11 is 0. The van der Waals surface area contributed by atoms with Crippen molar-refractivity contribution in [3.8, 4) is 0 Å². The zero-order valence-corrected chi connectivity index (χ0v) is 6.86. The van der Waals surface area contributed by atoms with Gasteiger partial charge in [-0.15, -0.1) is 0 Å². The van der Waals surface area contributed by atoms with E-state index in [0.717, 1.165) is 0 Å². The van der Waals surface area contributed by atoms with Gasteiger partial charge in [0, 0.05) is 26.1 Å². The fourth-order valence-electron chi connectivity index (χ4n) is 1.35. The summed E-state index contributed by atoms with van der Waals surface area (Å²) < 4.78 is 0. The highest BCUT2D eigenvalue weighted by Crippen LogP contribution is 2.15. The first-order chi connectivity index (χ1) is 5.52. The number of likely N-dealkylation sites (tertiary alicyclic amines) is 1. The Morgan fingerprint density at radius 2 is 2.08 bits per heavy atom. The van der Waals surface area contributed by atoms with Crippen LogP contribution in [0.15, 0.2) is 0 Å². The number of rotatable bonds is 1. The molecule has 3 N–H and O–H groups in total. The molecule has 1 aliphatic rings. The molecule has 0 bridgehead atoms. The third kappa shape index (κ3) is 1.55. The Labute approximate surface area is 70.1 Å². The van der Waals surface area contributed by atoms with Crippen LogP contribution in [0.5, 0.6) is 0 Å². The summed E-state index contributed by atoms with van der Waals surface area (Å²) in [6, 6.07) is -0.425. The average molecular weight is 172 g/mol. The summed E-state index contributed by atoms with van der Waals surface area (Å²) in [6.07, 6.45) is 0. The smallest absolute Gasteiger partial charge is 0.309 e. The summed E-state index contributed by atoms with van der Waals surface area (Å²) in [5.74, 6) is -1.64. The van der Waals surface area contributed by atoms with Crippen LogP contribution in [0.3, 0.4) is 0 Å². The topological polar surface area (TPSA) is 83.6 Å². The second-order valence-electron chi connectivity index (χ2n) is 3.03. The van der Waals surface area contributed by atoms with E-state index in [0.29, 0.717) is 6.54 Å². The standard InChI is InChI=1S/C7H12N2O3/c1-4(10)9-2-5(7(11)12)6(8)3-9/h5-6H,2-3,8H2,1H3,(H,11,12)/t5-,6+/m0/s1. The first-order valence-corrected chi connectivity index (χ1v) is 3.76. The molecule has 0 spiro atoms. The van der Waals surface area contributed by atoms with Gasteiger partial charge in [0.25, 0.3) is 0 Å². The number of amides is 1. The Morgan fingerprint density at radius 1 is 1.50 bits per heavy atom. The zero-order chi connectivity index (χ0) is 9.30. The average Bonchev–Trinajstić information content (AvgIpc) is 2.30. The zero-order valence-electron chi connectivity index (χ0n) is 6.86. The van der Waals surface area contributed by atoms with Crippen LogP contribution in [-0.4, -0.2) is 41.0 Å². The summed E-state index contributed by atoms with van der Waals surface area (Å²) in [4.78, 5) is 22.9. The van der Waals surface area contributed by atoms with Crippen molar-refractivity contribution in [1.82, 2.24) is 4.90 Å². The van der Waals surface area contributed by atoms with Crippen LogP contribution in [-0.2, 0) is 9.59 Å². The molecule has 0 unspecified atom stereocenters.